The van der Waals surface area contributed by atoms with Crippen molar-refractivity contribution in [1.82, 2.24) is 10.3 Å². The van der Waals surface area contributed by atoms with Crippen molar-refractivity contribution in [1.29, 1.82) is 0 Å². The second kappa shape index (κ2) is 5.87. The zero-order chi connectivity index (χ0) is 13.9. The summed E-state index contributed by atoms with van der Waals surface area (Å²) in [6.45, 7) is 2.16. The molecule has 0 aliphatic heterocycles. The van der Waals surface area contributed by atoms with Gasteiger partial charge in [0.05, 0.1) is 17.3 Å². The molecular weight excluding hydrogens is 267 g/mol. The Labute approximate surface area is 117 Å². The molecule has 1 amide bonds. The Balaban J connectivity index is 2.12. The van der Waals surface area contributed by atoms with Crippen LogP contribution in [0.2, 0.25) is 0 Å². The summed E-state index contributed by atoms with van der Waals surface area (Å²) in [5, 5.41) is 2.98. The predicted octanol–water partition coefficient (Wildman–Crippen LogP) is 3.14. The number of nitrogens with zero attached hydrogens (tertiary/aromatic N) is 1. The van der Waals surface area contributed by atoms with Crippen molar-refractivity contribution >= 4 is 17.5 Å². The lowest BCUT2D eigenvalue weighted by atomic mass is 9.77. The van der Waals surface area contributed by atoms with Crippen LogP contribution in [0, 0.1) is 11.7 Å². The molecule has 1 fully saturated rings. The molecule has 0 aromatic carbocycles. The van der Waals surface area contributed by atoms with E-state index in [0.29, 0.717) is 11.8 Å². The molecule has 0 bridgehead atoms. The van der Waals surface area contributed by atoms with Crippen molar-refractivity contribution in [3.63, 3.8) is 0 Å². The van der Waals surface area contributed by atoms with E-state index in [4.69, 9.17) is 11.6 Å². The van der Waals surface area contributed by atoms with Gasteiger partial charge in [0, 0.05) is 12.1 Å². The molecule has 2 unspecified atom stereocenters. The van der Waals surface area contributed by atoms with E-state index in [2.05, 4.69) is 17.2 Å². The Hall–Kier alpha value is -1.16. The summed E-state index contributed by atoms with van der Waals surface area (Å²) >= 11 is 6.06. The number of amides is 1. The molecule has 19 heavy (non-hydrogen) atoms. The number of alkyl halides is 1. The van der Waals surface area contributed by atoms with Gasteiger partial charge in [-0.1, -0.05) is 19.8 Å². The fourth-order valence-electron chi connectivity index (χ4n) is 2.78. The maximum absolute atomic E-state index is 13.1. The summed E-state index contributed by atoms with van der Waals surface area (Å²) in [5.74, 6) is 0.107. The zero-order valence-corrected chi connectivity index (χ0v) is 11.7. The van der Waals surface area contributed by atoms with Gasteiger partial charge in [-0.3, -0.25) is 9.78 Å². The van der Waals surface area contributed by atoms with Gasteiger partial charge in [0.15, 0.2) is 0 Å². The second-order valence-electron chi connectivity index (χ2n) is 5.46. The molecule has 5 heteroatoms. The number of rotatable bonds is 3. The van der Waals surface area contributed by atoms with Crippen molar-refractivity contribution in [2.75, 3.05) is 5.88 Å². The monoisotopic (exact) mass is 284 g/mol. The summed E-state index contributed by atoms with van der Waals surface area (Å²) in [6, 6.07) is 1.19. The molecule has 1 aliphatic carbocycles. The minimum absolute atomic E-state index is 0.239. The van der Waals surface area contributed by atoms with Crippen molar-refractivity contribution in [2.45, 2.75) is 38.1 Å². The number of hydrogen-bond acceptors (Lipinski definition) is 2. The fourth-order valence-corrected chi connectivity index (χ4v) is 3.09. The van der Waals surface area contributed by atoms with Crippen LogP contribution in [0.1, 0.15) is 43.0 Å². The summed E-state index contributed by atoms with van der Waals surface area (Å²) in [6.07, 6.45) is 6.40. The first-order chi connectivity index (χ1) is 9.04. The minimum Gasteiger partial charge on any atom is -0.345 e. The van der Waals surface area contributed by atoms with Crippen LogP contribution in [0.25, 0.3) is 0 Å². The van der Waals surface area contributed by atoms with Crippen LogP contribution in [-0.4, -0.2) is 22.3 Å². The average Bonchev–Trinajstić information content (AvgIpc) is 2.38. The lowest BCUT2D eigenvalue weighted by Crippen LogP contribution is -2.52. The van der Waals surface area contributed by atoms with Crippen molar-refractivity contribution in [2.24, 2.45) is 5.92 Å². The standard InChI is InChI=1S/C14H18ClFN2O/c1-10-3-2-4-14(6-10,9-15)18-13(19)11-5-12(16)8-17-7-11/h5,7-8,10H,2-4,6,9H2,1H3,(H,18,19). The topological polar surface area (TPSA) is 42.0 Å². The highest BCUT2D eigenvalue weighted by atomic mass is 35.5. The van der Waals surface area contributed by atoms with E-state index in [9.17, 15) is 9.18 Å². The first-order valence-electron chi connectivity index (χ1n) is 6.54. The SMILES string of the molecule is CC1CCCC(CCl)(NC(=O)c2cncc(F)c2)C1. The first kappa shape index (κ1) is 14.3. The van der Waals surface area contributed by atoms with Crippen molar-refractivity contribution < 1.29 is 9.18 Å². The van der Waals surface area contributed by atoms with Gasteiger partial charge in [0.25, 0.3) is 5.91 Å². The highest BCUT2D eigenvalue weighted by Crippen LogP contribution is 2.33. The summed E-state index contributed by atoms with van der Waals surface area (Å²) < 4.78 is 13.1. The van der Waals surface area contributed by atoms with Crippen molar-refractivity contribution in [3.8, 4) is 0 Å². The minimum atomic E-state index is -0.510. The lowest BCUT2D eigenvalue weighted by molar-refractivity contribution is 0.0866. The van der Waals surface area contributed by atoms with Crippen LogP contribution in [0.3, 0.4) is 0 Å². The van der Waals surface area contributed by atoms with Gasteiger partial charge in [-0.25, -0.2) is 4.39 Å². The van der Waals surface area contributed by atoms with Gasteiger partial charge in [-0.2, -0.15) is 0 Å². The molecule has 1 aromatic rings. The van der Waals surface area contributed by atoms with Gasteiger partial charge in [-0.05, 0) is 24.8 Å². The van der Waals surface area contributed by atoms with Gasteiger partial charge >= 0.3 is 0 Å². The largest absolute Gasteiger partial charge is 0.345 e. The first-order valence-corrected chi connectivity index (χ1v) is 7.07. The Morgan fingerprint density at radius 3 is 3.05 bits per heavy atom. The molecule has 1 N–H and O–H groups in total. The number of aromatic nitrogens is 1. The van der Waals surface area contributed by atoms with E-state index in [-0.39, 0.29) is 17.0 Å². The molecule has 2 rings (SSSR count). The van der Waals surface area contributed by atoms with E-state index in [1.807, 2.05) is 0 Å². The number of hydrogen-bond donors (Lipinski definition) is 1. The molecule has 0 spiro atoms. The maximum Gasteiger partial charge on any atom is 0.253 e. The number of nitrogens with one attached hydrogen (secondary N) is 1. The van der Waals surface area contributed by atoms with Crippen LogP contribution in [-0.2, 0) is 0 Å². The number of pyridine rings is 1. The highest BCUT2D eigenvalue weighted by Gasteiger charge is 2.35. The predicted molar refractivity (Wildman–Crippen MR) is 72.7 cm³/mol. The normalized spacial score (nSPS) is 27.0. The molecule has 1 saturated carbocycles. The number of halogens is 2. The van der Waals surface area contributed by atoms with E-state index in [1.165, 1.54) is 12.3 Å². The summed E-state index contributed by atoms with van der Waals surface area (Å²) in [5.41, 5.74) is -0.134. The molecule has 1 aliphatic rings. The van der Waals surface area contributed by atoms with Crippen LogP contribution in [0.15, 0.2) is 18.5 Å². The maximum atomic E-state index is 13.1. The molecular formula is C14H18ClFN2O. The molecule has 1 heterocycles. The number of carbonyl (C=O) groups excluding carboxylic acids is 1. The molecule has 0 saturated heterocycles. The zero-order valence-electron chi connectivity index (χ0n) is 11.0. The lowest BCUT2D eigenvalue weighted by Gasteiger charge is -2.39. The average molecular weight is 285 g/mol. The highest BCUT2D eigenvalue weighted by molar-refractivity contribution is 6.19. The molecule has 2 atom stereocenters. The molecule has 104 valence electrons. The Bertz CT molecular complexity index is 469. The summed E-state index contributed by atoms with van der Waals surface area (Å²) in [4.78, 5) is 15.9. The molecule has 1 aromatic heterocycles. The second-order valence-corrected chi connectivity index (χ2v) is 5.73. The Kier molecular flexibility index (Phi) is 4.40. The quantitative estimate of drug-likeness (QED) is 0.867. The molecule has 3 nitrogen and oxygen atoms in total. The third kappa shape index (κ3) is 3.44. The van der Waals surface area contributed by atoms with Crippen LogP contribution >= 0.6 is 11.6 Å². The van der Waals surface area contributed by atoms with Gasteiger partial charge in [0.1, 0.15) is 5.82 Å². The third-order valence-corrected chi connectivity index (χ3v) is 4.20. The van der Waals surface area contributed by atoms with Gasteiger partial charge in [-0.15, -0.1) is 11.6 Å². The van der Waals surface area contributed by atoms with E-state index in [0.717, 1.165) is 31.9 Å². The summed E-state index contributed by atoms with van der Waals surface area (Å²) in [7, 11) is 0. The fraction of sp³-hybridized carbons (Fsp3) is 0.571. The molecule has 0 radical (unpaired) electrons. The van der Waals surface area contributed by atoms with E-state index < -0.39 is 5.82 Å². The Morgan fingerprint density at radius 1 is 1.63 bits per heavy atom. The van der Waals surface area contributed by atoms with Crippen molar-refractivity contribution in [3.05, 3.63) is 29.8 Å². The van der Waals surface area contributed by atoms with E-state index >= 15 is 0 Å². The smallest absolute Gasteiger partial charge is 0.253 e. The third-order valence-electron chi connectivity index (χ3n) is 3.69. The van der Waals surface area contributed by atoms with Gasteiger partial charge in [0.2, 0.25) is 0 Å². The van der Waals surface area contributed by atoms with Crippen LogP contribution in [0.5, 0.6) is 0 Å². The van der Waals surface area contributed by atoms with Gasteiger partial charge < -0.3 is 5.32 Å². The van der Waals surface area contributed by atoms with Crippen LogP contribution in [0.4, 0.5) is 4.39 Å². The van der Waals surface area contributed by atoms with E-state index in [1.54, 1.807) is 0 Å². The Morgan fingerprint density at radius 2 is 2.42 bits per heavy atom. The van der Waals surface area contributed by atoms with Crippen LogP contribution < -0.4 is 5.32 Å². The number of carbonyl (C=O) groups is 1.